The van der Waals surface area contributed by atoms with Crippen molar-refractivity contribution < 1.29 is 14.3 Å². The van der Waals surface area contributed by atoms with Crippen molar-refractivity contribution in [1.29, 1.82) is 0 Å². The molecule has 0 aromatic heterocycles. The number of fused-ring (bicyclic) bond motifs is 1. The van der Waals surface area contributed by atoms with Crippen LogP contribution in [0.3, 0.4) is 0 Å². The van der Waals surface area contributed by atoms with Gasteiger partial charge in [-0.15, -0.1) is 0 Å². The van der Waals surface area contributed by atoms with Crippen molar-refractivity contribution >= 4 is 22.9 Å². The third-order valence-electron chi connectivity index (χ3n) is 4.34. The highest BCUT2D eigenvalue weighted by Gasteiger charge is 2.09. The first-order valence-electron chi connectivity index (χ1n) is 10.2. The molecule has 3 rings (SSSR count). The van der Waals surface area contributed by atoms with Crippen LogP contribution < -0.4 is 14.9 Å². The first-order chi connectivity index (χ1) is 14.4. The summed E-state index contributed by atoms with van der Waals surface area (Å²) in [7, 11) is 0. The maximum Gasteiger partial charge on any atom is 0.244 e. The lowest BCUT2D eigenvalue weighted by Crippen LogP contribution is -2.20. The number of nitrogens with one attached hydrogen (secondary N) is 1. The molecule has 0 aliphatic rings. The molecule has 0 saturated carbocycles. The van der Waals surface area contributed by atoms with E-state index < -0.39 is 0 Å². The highest BCUT2D eigenvalue weighted by Crippen LogP contribution is 2.25. The molecule has 0 heterocycles. The monoisotopic (exact) mass is 404 g/mol. The Morgan fingerprint density at radius 3 is 2.47 bits per heavy atom. The normalized spacial score (nSPS) is 11.4. The Bertz CT molecular complexity index is 1040. The zero-order valence-electron chi connectivity index (χ0n) is 17.9. The quantitative estimate of drug-likeness (QED) is 0.419. The third kappa shape index (κ3) is 5.83. The molecule has 1 N–H and O–H groups in total. The molecule has 156 valence electrons. The molecular weight excluding hydrogens is 376 g/mol. The highest BCUT2D eigenvalue weighted by atomic mass is 16.5. The molecule has 0 fully saturated rings. The fraction of sp³-hybridized carbons (Fsp3) is 0.280. The van der Waals surface area contributed by atoms with E-state index in [9.17, 15) is 4.79 Å². The lowest BCUT2D eigenvalue weighted by molar-refractivity contribution is -0.120. The topological polar surface area (TPSA) is 59.9 Å². The van der Waals surface area contributed by atoms with Crippen molar-refractivity contribution in [2.24, 2.45) is 5.10 Å². The SMILES string of the molecule is CC(C)Oc1ccc(/C=N\NC(=O)Cc2cccc3ccccc23)c(OC(C)C)c1. The van der Waals surface area contributed by atoms with Gasteiger partial charge in [0.1, 0.15) is 11.5 Å². The standard InChI is InChI=1S/C25H28N2O3/c1-17(2)29-22-13-12-21(24(15-22)30-18(3)4)16-26-27-25(28)14-20-10-7-9-19-8-5-6-11-23(19)20/h5-13,15-18H,14H2,1-4H3,(H,27,28)/b26-16-. The van der Waals surface area contributed by atoms with Gasteiger partial charge in [-0.05, 0) is 56.2 Å². The van der Waals surface area contributed by atoms with Crippen LogP contribution in [0.4, 0.5) is 0 Å². The summed E-state index contributed by atoms with van der Waals surface area (Å²) in [6.45, 7) is 7.87. The number of hydrazone groups is 1. The molecule has 30 heavy (non-hydrogen) atoms. The predicted octanol–water partition coefficient (Wildman–Crippen LogP) is 5.11. The van der Waals surface area contributed by atoms with E-state index in [-0.39, 0.29) is 24.5 Å². The molecule has 1 amide bonds. The average Bonchev–Trinajstić information content (AvgIpc) is 2.69. The number of nitrogens with zero attached hydrogens (tertiary/aromatic N) is 1. The Morgan fingerprint density at radius 2 is 1.70 bits per heavy atom. The molecule has 0 saturated heterocycles. The van der Waals surface area contributed by atoms with Gasteiger partial charge in [-0.3, -0.25) is 4.79 Å². The Morgan fingerprint density at radius 1 is 0.967 bits per heavy atom. The third-order valence-corrected chi connectivity index (χ3v) is 4.34. The molecule has 0 aliphatic carbocycles. The van der Waals surface area contributed by atoms with Gasteiger partial charge in [0.15, 0.2) is 0 Å². The second kappa shape index (κ2) is 9.92. The first-order valence-corrected chi connectivity index (χ1v) is 10.2. The molecule has 3 aromatic rings. The Hall–Kier alpha value is -3.34. The summed E-state index contributed by atoms with van der Waals surface area (Å²) in [5, 5.41) is 6.32. The Labute approximate surface area is 177 Å². The summed E-state index contributed by atoms with van der Waals surface area (Å²) in [5.74, 6) is 1.22. The van der Waals surface area contributed by atoms with E-state index in [1.807, 2.05) is 88.4 Å². The molecule has 0 bridgehead atoms. The number of carbonyl (C=O) groups is 1. The summed E-state index contributed by atoms with van der Waals surface area (Å²) < 4.78 is 11.6. The molecule has 0 radical (unpaired) electrons. The van der Waals surface area contributed by atoms with Crippen molar-refractivity contribution in [3.8, 4) is 11.5 Å². The molecule has 5 heteroatoms. The van der Waals surface area contributed by atoms with Crippen molar-refractivity contribution in [3.05, 3.63) is 71.8 Å². The predicted molar refractivity (Wildman–Crippen MR) is 121 cm³/mol. The van der Waals surface area contributed by atoms with Crippen molar-refractivity contribution in [3.63, 3.8) is 0 Å². The number of rotatable bonds is 8. The number of hydrogen-bond donors (Lipinski definition) is 1. The number of amides is 1. The van der Waals surface area contributed by atoms with Crippen LogP contribution >= 0.6 is 0 Å². The van der Waals surface area contributed by atoms with Gasteiger partial charge in [-0.1, -0.05) is 42.5 Å². The van der Waals surface area contributed by atoms with Gasteiger partial charge < -0.3 is 9.47 Å². The van der Waals surface area contributed by atoms with Crippen LogP contribution in [0, 0.1) is 0 Å². The Balaban J connectivity index is 1.70. The van der Waals surface area contributed by atoms with Crippen LogP contribution in [0.5, 0.6) is 11.5 Å². The smallest absolute Gasteiger partial charge is 0.244 e. The van der Waals surface area contributed by atoms with E-state index in [0.717, 1.165) is 27.6 Å². The van der Waals surface area contributed by atoms with Gasteiger partial charge in [0.2, 0.25) is 5.91 Å². The molecule has 0 aliphatic heterocycles. The molecule has 0 atom stereocenters. The van der Waals surface area contributed by atoms with E-state index >= 15 is 0 Å². The fourth-order valence-electron chi connectivity index (χ4n) is 3.16. The van der Waals surface area contributed by atoms with Crippen LogP contribution in [0.15, 0.2) is 65.8 Å². The van der Waals surface area contributed by atoms with Gasteiger partial charge in [-0.2, -0.15) is 5.10 Å². The summed E-state index contributed by atoms with van der Waals surface area (Å²) in [6.07, 6.45) is 1.93. The summed E-state index contributed by atoms with van der Waals surface area (Å²) >= 11 is 0. The summed E-state index contributed by atoms with van der Waals surface area (Å²) in [4.78, 5) is 12.4. The summed E-state index contributed by atoms with van der Waals surface area (Å²) in [5.41, 5.74) is 4.36. The molecule has 3 aromatic carbocycles. The lowest BCUT2D eigenvalue weighted by atomic mass is 10.0. The lowest BCUT2D eigenvalue weighted by Gasteiger charge is -2.15. The second-order valence-corrected chi connectivity index (χ2v) is 7.64. The minimum Gasteiger partial charge on any atom is -0.491 e. The van der Waals surface area contributed by atoms with E-state index in [0.29, 0.717) is 5.75 Å². The van der Waals surface area contributed by atoms with Gasteiger partial charge in [-0.25, -0.2) is 5.43 Å². The largest absolute Gasteiger partial charge is 0.491 e. The zero-order valence-corrected chi connectivity index (χ0v) is 17.9. The van der Waals surface area contributed by atoms with Crippen LogP contribution in [-0.4, -0.2) is 24.3 Å². The highest BCUT2D eigenvalue weighted by molar-refractivity contribution is 5.91. The van der Waals surface area contributed by atoms with Crippen molar-refractivity contribution in [1.82, 2.24) is 5.43 Å². The maximum atomic E-state index is 12.4. The van der Waals surface area contributed by atoms with Gasteiger partial charge in [0, 0.05) is 11.6 Å². The molecule has 0 spiro atoms. The van der Waals surface area contributed by atoms with Crippen molar-refractivity contribution in [2.75, 3.05) is 0 Å². The minimum atomic E-state index is -0.173. The second-order valence-electron chi connectivity index (χ2n) is 7.64. The van der Waals surface area contributed by atoms with Crippen LogP contribution in [0.2, 0.25) is 0 Å². The summed E-state index contributed by atoms with van der Waals surface area (Å²) in [6, 6.07) is 19.6. The van der Waals surface area contributed by atoms with E-state index in [1.54, 1.807) is 6.21 Å². The first kappa shape index (κ1) is 21.4. The van der Waals surface area contributed by atoms with Crippen LogP contribution in [-0.2, 0) is 11.2 Å². The number of benzene rings is 3. The van der Waals surface area contributed by atoms with E-state index in [2.05, 4.69) is 10.5 Å². The minimum absolute atomic E-state index is 0.00685. The van der Waals surface area contributed by atoms with Crippen LogP contribution in [0.1, 0.15) is 38.8 Å². The van der Waals surface area contributed by atoms with Gasteiger partial charge >= 0.3 is 0 Å². The molecule has 5 nitrogen and oxygen atoms in total. The average molecular weight is 405 g/mol. The number of hydrogen-bond acceptors (Lipinski definition) is 4. The van der Waals surface area contributed by atoms with Crippen LogP contribution in [0.25, 0.3) is 10.8 Å². The number of carbonyl (C=O) groups excluding carboxylic acids is 1. The van der Waals surface area contributed by atoms with Gasteiger partial charge in [0.05, 0.1) is 24.8 Å². The maximum absolute atomic E-state index is 12.4. The zero-order chi connectivity index (χ0) is 21.5. The number of ether oxygens (including phenoxy) is 2. The van der Waals surface area contributed by atoms with E-state index in [4.69, 9.17) is 9.47 Å². The fourth-order valence-corrected chi connectivity index (χ4v) is 3.16. The molecule has 0 unspecified atom stereocenters. The Kier molecular flexibility index (Phi) is 7.07. The van der Waals surface area contributed by atoms with Gasteiger partial charge in [0.25, 0.3) is 0 Å². The van der Waals surface area contributed by atoms with E-state index in [1.165, 1.54) is 0 Å². The van der Waals surface area contributed by atoms with Crippen molar-refractivity contribution in [2.45, 2.75) is 46.3 Å². The molecular formula is C25H28N2O3.